The quantitative estimate of drug-likeness (QED) is 0.460. The van der Waals surface area contributed by atoms with E-state index in [-0.39, 0.29) is 10.6 Å². The maximum absolute atomic E-state index is 13.1. The molecule has 0 heterocycles. The highest BCUT2D eigenvalue weighted by Crippen LogP contribution is 2.39. The van der Waals surface area contributed by atoms with Crippen molar-refractivity contribution in [1.29, 1.82) is 0 Å². The minimum atomic E-state index is -3.81. The number of nitrogens with one attached hydrogen (secondary N) is 1. The van der Waals surface area contributed by atoms with Crippen molar-refractivity contribution in [3.05, 3.63) is 87.9 Å². The first-order chi connectivity index (χ1) is 14.3. The lowest BCUT2D eigenvalue weighted by Crippen LogP contribution is -2.29. The molecule has 0 spiro atoms. The monoisotopic (exact) mass is 489 g/mol. The predicted molar refractivity (Wildman–Crippen MR) is 121 cm³/mol. The molecule has 0 bridgehead atoms. The Morgan fingerprint density at radius 2 is 1.73 bits per heavy atom. The molecule has 0 aliphatic carbocycles. The maximum atomic E-state index is 13.1. The third-order valence-electron chi connectivity index (χ3n) is 4.85. The van der Waals surface area contributed by atoms with Gasteiger partial charge in [-0.25, -0.2) is 13.1 Å². The van der Waals surface area contributed by atoms with Crippen LogP contribution in [-0.2, 0) is 16.4 Å². The van der Waals surface area contributed by atoms with E-state index < -0.39 is 16.1 Å². The standard InChI is InChI=1S/C23H24BrNO4S/c1-16-8-11-19(12-9-16)30(27,28)25-20(13-10-17-6-4-3-5-7-17)23-21(26)14-18(24)15-22(23)29-2/h3-9,11-12,14-15,20,25-26H,10,13H2,1-2H3/t20-/m1/s1. The van der Waals surface area contributed by atoms with E-state index in [2.05, 4.69) is 20.7 Å². The largest absolute Gasteiger partial charge is 0.507 e. The lowest BCUT2D eigenvalue weighted by atomic mass is 9.98. The zero-order valence-electron chi connectivity index (χ0n) is 16.8. The van der Waals surface area contributed by atoms with Crippen molar-refractivity contribution in [2.24, 2.45) is 0 Å². The minimum absolute atomic E-state index is 0.0362. The fourth-order valence-electron chi connectivity index (χ4n) is 3.29. The summed E-state index contributed by atoms with van der Waals surface area (Å²) in [5.74, 6) is 0.373. The number of benzene rings is 3. The molecule has 0 saturated carbocycles. The third kappa shape index (κ3) is 5.41. The van der Waals surface area contributed by atoms with Crippen molar-refractivity contribution in [2.45, 2.75) is 30.7 Å². The van der Waals surface area contributed by atoms with Gasteiger partial charge in [0.2, 0.25) is 10.0 Å². The first kappa shape index (κ1) is 22.3. The molecule has 0 aromatic heterocycles. The van der Waals surface area contributed by atoms with Gasteiger partial charge in [-0.05, 0) is 49.6 Å². The molecule has 3 rings (SSSR count). The van der Waals surface area contributed by atoms with Crippen LogP contribution in [0.4, 0.5) is 0 Å². The number of aromatic hydroxyl groups is 1. The number of ether oxygens (including phenoxy) is 1. The summed E-state index contributed by atoms with van der Waals surface area (Å²) in [6.45, 7) is 1.90. The van der Waals surface area contributed by atoms with Crippen molar-refractivity contribution >= 4 is 26.0 Å². The average Bonchev–Trinajstić information content (AvgIpc) is 2.71. The fourth-order valence-corrected chi connectivity index (χ4v) is 4.95. The van der Waals surface area contributed by atoms with E-state index in [1.54, 1.807) is 30.3 Å². The molecule has 2 N–H and O–H groups in total. The molecule has 0 fully saturated rings. The number of hydrogen-bond donors (Lipinski definition) is 2. The predicted octanol–water partition coefficient (Wildman–Crippen LogP) is 5.12. The van der Waals surface area contributed by atoms with Gasteiger partial charge in [-0.15, -0.1) is 0 Å². The fraction of sp³-hybridized carbons (Fsp3) is 0.217. The number of aryl methyl sites for hydroxylation is 2. The molecular formula is C23H24BrNO4S. The van der Waals surface area contributed by atoms with Crippen LogP contribution in [0.3, 0.4) is 0 Å². The van der Waals surface area contributed by atoms with Crippen LogP contribution in [0.1, 0.15) is 29.2 Å². The molecule has 0 radical (unpaired) electrons. The average molecular weight is 490 g/mol. The highest BCUT2D eigenvalue weighted by Gasteiger charge is 2.27. The van der Waals surface area contributed by atoms with Crippen LogP contribution in [0.5, 0.6) is 11.5 Å². The van der Waals surface area contributed by atoms with Gasteiger partial charge in [0.1, 0.15) is 11.5 Å². The van der Waals surface area contributed by atoms with Gasteiger partial charge in [-0.2, -0.15) is 0 Å². The molecule has 3 aromatic carbocycles. The molecule has 0 unspecified atom stereocenters. The Kier molecular flexibility index (Phi) is 7.18. The van der Waals surface area contributed by atoms with Crippen LogP contribution in [0.2, 0.25) is 0 Å². The van der Waals surface area contributed by atoms with Gasteiger partial charge in [0.05, 0.1) is 23.6 Å². The molecule has 1 atom stereocenters. The van der Waals surface area contributed by atoms with Crippen molar-refractivity contribution in [1.82, 2.24) is 4.72 Å². The van der Waals surface area contributed by atoms with Gasteiger partial charge >= 0.3 is 0 Å². The highest BCUT2D eigenvalue weighted by molar-refractivity contribution is 9.10. The lowest BCUT2D eigenvalue weighted by Gasteiger charge is -2.23. The molecule has 5 nitrogen and oxygen atoms in total. The topological polar surface area (TPSA) is 75.6 Å². The van der Waals surface area contributed by atoms with Gasteiger partial charge in [-0.1, -0.05) is 64.0 Å². The van der Waals surface area contributed by atoms with E-state index in [0.29, 0.717) is 28.6 Å². The van der Waals surface area contributed by atoms with E-state index in [9.17, 15) is 13.5 Å². The van der Waals surface area contributed by atoms with Crippen molar-refractivity contribution in [3.8, 4) is 11.5 Å². The molecule has 0 saturated heterocycles. The van der Waals surface area contributed by atoms with E-state index in [4.69, 9.17) is 4.74 Å². The lowest BCUT2D eigenvalue weighted by molar-refractivity contribution is 0.387. The Balaban J connectivity index is 1.98. The smallest absolute Gasteiger partial charge is 0.241 e. The highest BCUT2D eigenvalue weighted by atomic mass is 79.9. The first-order valence-corrected chi connectivity index (χ1v) is 11.8. The van der Waals surface area contributed by atoms with Gasteiger partial charge in [-0.3, -0.25) is 0 Å². The van der Waals surface area contributed by atoms with Gasteiger partial charge in [0.25, 0.3) is 0 Å². The van der Waals surface area contributed by atoms with Crippen LogP contribution in [0.25, 0.3) is 0 Å². The number of methoxy groups -OCH3 is 1. The second-order valence-electron chi connectivity index (χ2n) is 7.05. The zero-order valence-corrected chi connectivity index (χ0v) is 19.2. The summed E-state index contributed by atoms with van der Waals surface area (Å²) >= 11 is 3.34. The van der Waals surface area contributed by atoms with Crippen LogP contribution in [0, 0.1) is 6.92 Å². The van der Waals surface area contributed by atoms with Crippen molar-refractivity contribution in [2.75, 3.05) is 7.11 Å². The number of rotatable bonds is 8. The zero-order chi connectivity index (χ0) is 21.7. The number of hydrogen-bond acceptors (Lipinski definition) is 4. The van der Waals surface area contributed by atoms with E-state index in [1.807, 2.05) is 37.3 Å². The third-order valence-corrected chi connectivity index (χ3v) is 6.79. The van der Waals surface area contributed by atoms with Crippen LogP contribution in [0.15, 0.2) is 76.1 Å². The number of phenols is 1. The molecule has 30 heavy (non-hydrogen) atoms. The molecule has 158 valence electrons. The summed E-state index contributed by atoms with van der Waals surface area (Å²) in [6.07, 6.45) is 1.07. The van der Waals surface area contributed by atoms with Crippen molar-refractivity contribution < 1.29 is 18.3 Å². The van der Waals surface area contributed by atoms with E-state index >= 15 is 0 Å². The number of phenolic OH excluding ortho intramolecular Hbond substituents is 1. The molecule has 7 heteroatoms. The summed E-state index contributed by atoms with van der Waals surface area (Å²) in [5.41, 5.74) is 2.46. The van der Waals surface area contributed by atoms with Gasteiger partial charge in [0, 0.05) is 4.47 Å². The number of sulfonamides is 1. The molecule has 0 amide bonds. The Labute approximate surface area is 185 Å². The molecular weight excluding hydrogens is 466 g/mol. The van der Waals surface area contributed by atoms with Crippen molar-refractivity contribution in [3.63, 3.8) is 0 Å². The normalized spacial score (nSPS) is 12.5. The second kappa shape index (κ2) is 9.64. The second-order valence-corrected chi connectivity index (χ2v) is 9.68. The summed E-state index contributed by atoms with van der Waals surface area (Å²) in [4.78, 5) is 0.174. The van der Waals surface area contributed by atoms with Gasteiger partial charge < -0.3 is 9.84 Å². The Bertz CT molecular complexity index is 1100. The summed E-state index contributed by atoms with van der Waals surface area (Å²) in [5, 5.41) is 10.6. The molecule has 0 aliphatic heterocycles. The first-order valence-electron chi connectivity index (χ1n) is 9.49. The van der Waals surface area contributed by atoms with Crippen LogP contribution >= 0.6 is 15.9 Å². The molecule has 0 aliphatic rings. The minimum Gasteiger partial charge on any atom is -0.507 e. The SMILES string of the molecule is COc1cc(Br)cc(O)c1[C@@H](CCc1ccccc1)NS(=O)(=O)c1ccc(C)cc1. The maximum Gasteiger partial charge on any atom is 0.241 e. The Morgan fingerprint density at radius 3 is 2.37 bits per heavy atom. The van der Waals surface area contributed by atoms with Crippen LogP contribution in [-0.4, -0.2) is 20.6 Å². The van der Waals surface area contributed by atoms with Crippen LogP contribution < -0.4 is 9.46 Å². The Hall–Kier alpha value is -2.35. The van der Waals surface area contributed by atoms with E-state index in [1.165, 1.54) is 13.2 Å². The van der Waals surface area contributed by atoms with Gasteiger partial charge in [0.15, 0.2) is 0 Å². The summed E-state index contributed by atoms with van der Waals surface area (Å²) in [7, 11) is -2.32. The summed E-state index contributed by atoms with van der Waals surface area (Å²) in [6, 6.07) is 19.0. The summed E-state index contributed by atoms with van der Waals surface area (Å²) < 4.78 is 35.0. The Morgan fingerprint density at radius 1 is 1.07 bits per heavy atom. The van der Waals surface area contributed by atoms with E-state index in [0.717, 1.165) is 11.1 Å². The number of halogens is 1. The molecule has 3 aromatic rings.